The van der Waals surface area contributed by atoms with Crippen LogP contribution in [0, 0.1) is 0 Å². The number of benzene rings is 1. The van der Waals surface area contributed by atoms with Crippen LogP contribution in [-0.4, -0.2) is 33.6 Å². The summed E-state index contributed by atoms with van der Waals surface area (Å²) in [5.74, 6) is 0.857. The number of carbonyl (C=O) groups excluding carboxylic acids is 1. The normalized spacial score (nSPS) is 12.9. The molecule has 0 fully saturated rings. The zero-order valence-electron chi connectivity index (χ0n) is 28.2. The van der Waals surface area contributed by atoms with Gasteiger partial charge in [-0.3, -0.25) is 9.36 Å². The van der Waals surface area contributed by atoms with Gasteiger partial charge in [-0.25, -0.2) is 0 Å². The lowest BCUT2D eigenvalue weighted by Gasteiger charge is -2.36. The molecule has 1 amide bonds. The lowest BCUT2D eigenvalue weighted by atomic mass is 10.1. The van der Waals surface area contributed by atoms with Gasteiger partial charge in [0.2, 0.25) is 14.2 Å². The summed E-state index contributed by atoms with van der Waals surface area (Å²) in [7, 11) is -5.15. The summed E-state index contributed by atoms with van der Waals surface area (Å²) in [5, 5.41) is 3.21. The molecule has 0 aliphatic heterocycles. The number of rotatable bonds is 23. The number of allylic oxidation sites excluding steroid dienone is 1. The van der Waals surface area contributed by atoms with Gasteiger partial charge in [-0.05, 0) is 68.6 Å². The molecule has 0 spiro atoms. The predicted molar refractivity (Wildman–Crippen MR) is 182 cm³/mol. The predicted octanol–water partition coefficient (Wildman–Crippen LogP) is 10.9. The average molecular weight is 624 g/mol. The molecule has 0 bridgehead atoms. The van der Waals surface area contributed by atoms with Gasteiger partial charge in [0.1, 0.15) is 5.75 Å². The highest BCUT2D eigenvalue weighted by atomic mass is 31.2. The average Bonchev–Trinajstić information content (AvgIpc) is 2.91. The fourth-order valence-corrected chi connectivity index (χ4v) is 7.13. The quantitative estimate of drug-likeness (QED) is 0.0746. The van der Waals surface area contributed by atoms with Crippen molar-refractivity contribution in [3.05, 3.63) is 35.5 Å². The first kappa shape index (κ1) is 38.6. The molecule has 42 heavy (non-hydrogen) atoms. The second-order valence-corrected chi connectivity index (χ2v) is 19.8. The van der Waals surface area contributed by atoms with Gasteiger partial charge in [0.15, 0.2) is 0 Å². The third-order valence-corrected chi connectivity index (χ3v) is 14.4. The molecule has 0 radical (unpaired) electrons. The minimum atomic E-state index is -3.22. The number of amides is 1. The fourth-order valence-electron chi connectivity index (χ4n) is 4.46. The maximum Gasteiger partial charge on any atom is 0.331 e. The molecule has 1 rings (SSSR count). The van der Waals surface area contributed by atoms with Gasteiger partial charge in [-0.15, -0.1) is 0 Å². The Bertz CT molecular complexity index is 946. The third-order valence-electron chi connectivity index (χ3n) is 8.01. The van der Waals surface area contributed by atoms with Gasteiger partial charge in [-0.1, -0.05) is 104 Å². The standard InChI is InChI=1S/C34H62NO5PSi/c1-9-12-13-14-15-16-17-18-19-20-21-22-33(36)35-31(27-28-41(37,38-10-2)39-11-3)29-30-23-25-32(26-24-30)40-42(7,8)34(4,5)6/h23-26,29H,9-22,27-28H2,1-8H3,(H,35,36)/b31-29+. The highest BCUT2D eigenvalue weighted by Crippen LogP contribution is 2.49. The minimum Gasteiger partial charge on any atom is -0.544 e. The van der Waals surface area contributed by atoms with Crippen LogP contribution in [0.1, 0.15) is 131 Å². The van der Waals surface area contributed by atoms with Gasteiger partial charge in [0.05, 0.1) is 19.4 Å². The van der Waals surface area contributed by atoms with E-state index in [1.807, 2.05) is 44.2 Å². The van der Waals surface area contributed by atoms with Crippen molar-refractivity contribution in [1.82, 2.24) is 5.32 Å². The van der Waals surface area contributed by atoms with E-state index in [1.165, 1.54) is 57.8 Å². The number of nitrogens with one attached hydrogen (secondary N) is 1. The van der Waals surface area contributed by atoms with Gasteiger partial charge in [0, 0.05) is 12.1 Å². The second-order valence-electron chi connectivity index (χ2n) is 12.9. The van der Waals surface area contributed by atoms with Crippen LogP contribution in [0.3, 0.4) is 0 Å². The molecule has 1 aromatic rings. The van der Waals surface area contributed by atoms with Crippen molar-refractivity contribution in [3.63, 3.8) is 0 Å². The Kier molecular flexibility index (Phi) is 18.9. The van der Waals surface area contributed by atoms with Crippen molar-refractivity contribution in [2.45, 2.75) is 143 Å². The molecule has 242 valence electrons. The van der Waals surface area contributed by atoms with E-state index in [1.54, 1.807) is 0 Å². The molecule has 1 aromatic carbocycles. The Hall–Kier alpha value is -1.40. The highest BCUT2D eigenvalue weighted by molar-refractivity contribution is 7.53. The Morgan fingerprint density at radius 2 is 1.31 bits per heavy atom. The maximum atomic E-state index is 13.1. The lowest BCUT2D eigenvalue weighted by molar-refractivity contribution is -0.120. The van der Waals surface area contributed by atoms with E-state index >= 15 is 0 Å². The summed E-state index contributed by atoms with van der Waals surface area (Å²) in [6.07, 6.45) is 16.8. The minimum absolute atomic E-state index is 0.00212. The van der Waals surface area contributed by atoms with Crippen molar-refractivity contribution in [2.75, 3.05) is 19.4 Å². The van der Waals surface area contributed by atoms with E-state index in [4.69, 9.17) is 13.5 Å². The van der Waals surface area contributed by atoms with Crippen molar-refractivity contribution < 1.29 is 22.8 Å². The first-order chi connectivity index (χ1) is 19.9. The van der Waals surface area contributed by atoms with Crippen LogP contribution < -0.4 is 9.74 Å². The van der Waals surface area contributed by atoms with Crippen LogP contribution in [0.25, 0.3) is 6.08 Å². The third kappa shape index (κ3) is 16.4. The molecule has 0 aliphatic carbocycles. The summed E-state index contributed by atoms with van der Waals surface area (Å²) < 4.78 is 30.5. The van der Waals surface area contributed by atoms with Crippen LogP contribution in [0.15, 0.2) is 30.0 Å². The highest BCUT2D eigenvalue weighted by Gasteiger charge is 2.38. The van der Waals surface area contributed by atoms with E-state index in [9.17, 15) is 9.36 Å². The Labute approximate surface area is 259 Å². The zero-order valence-corrected chi connectivity index (χ0v) is 30.1. The SMILES string of the molecule is CCCCCCCCCCCCCC(=O)N/C(=C/c1ccc(O[Si](C)(C)C(C)(C)C)cc1)CCP(=O)(OCC)OCC. The molecule has 0 atom stereocenters. The van der Waals surface area contributed by atoms with Crippen molar-refractivity contribution >= 4 is 27.9 Å². The van der Waals surface area contributed by atoms with E-state index in [2.05, 4.69) is 46.1 Å². The molecule has 1 N–H and O–H groups in total. The largest absolute Gasteiger partial charge is 0.544 e. The van der Waals surface area contributed by atoms with Crippen LogP contribution in [0.4, 0.5) is 0 Å². The monoisotopic (exact) mass is 623 g/mol. The molecule has 8 heteroatoms. The van der Waals surface area contributed by atoms with Crippen molar-refractivity contribution in [2.24, 2.45) is 0 Å². The first-order valence-electron chi connectivity index (χ1n) is 16.5. The molecule has 0 saturated heterocycles. The van der Waals surface area contributed by atoms with Gasteiger partial charge in [-0.2, -0.15) is 0 Å². The topological polar surface area (TPSA) is 73.9 Å². The summed E-state index contributed by atoms with van der Waals surface area (Å²) in [4.78, 5) is 12.9. The van der Waals surface area contributed by atoms with Gasteiger partial charge < -0.3 is 18.8 Å². The van der Waals surface area contributed by atoms with Crippen molar-refractivity contribution in [1.29, 1.82) is 0 Å². The van der Waals surface area contributed by atoms with Crippen LogP contribution >= 0.6 is 7.60 Å². The van der Waals surface area contributed by atoms with E-state index in [-0.39, 0.29) is 17.1 Å². The molecule has 0 unspecified atom stereocenters. The zero-order chi connectivity index (χ0) is 31.5. The molecular formula is C34H62NO5PSi. The Morgan fingerprint density at radius 3 is 1.79 bits per heavy atom. The molecule has 0 heterocycles. The maximum absolute atomic E-state index is 13.1. The summed E-state index contributed by atoms with van der Waals surface area (Å²) >= 11 is 0. The summed E-state index contributed by atoms with van der Waals surface area (Å²) in [6.45, 7) is 17.7. The van der Waals surface area contributed by atoms with Crippen molar-refractivity contribution in [3.8, 4) is 5.75 Å². The molecule has 0 aliphatic rings. The van der Waals surface area contributed by atoms with Crippen LogP contribution in [0.5, 0.6) is 5.75 Å². The van der Waals surface area contributed by atoms with Crippen LogP contribution in [0.2, 0.25) is 18.1 Å². The summed E-state index contributed by atoms with van der Waals surface area (Å²) in [6, 6.07) is 7.98. The molecule has 0 aromatic heterocycles. The molecular weight excluding hydrogens is 561 g/mol. The smallest absolute Gasteiger partial charge is 0.331 e. The Morgan fingerprint density at radius 1 is 0.810 bits per heavy atom. The second kappa shape index (κ2) is 20.5. The van der Waals surface area contributed by atoms with E-state index in [0.717, 1.165) is 29.9 Å². The number of hydrogen-bond acceptors (Lipinski definition) is 5. The fraction of sp³-hybridized carbons (Fsp3) is 0.735. The summed E-state index contributed by atoms with van der Waals surface area (Å²) in [5.41, 5.74) is 1.67. The lowest BCUT2D eigenvalue weighted by Crippen LogP contribution is -2.43. The van der Waals surface area contributed by atoms with E-state index < -0.39 is 15.9 Å². The van der Waals surface area contributed by atoms with Gasteiger partial charge >= 0.3 is 7.60 Å². The number of hydrogen-bond donors (Lipinski definition) is 1. The van der Waals surface area contributed by atoms with E-state index in [0.29, 0.717) is 26.1 Å². The first-order valence-corrected chi connectivity index (χ1v) is 21.2. The Balaban J connectivity index is 2.75. The molecule has 0 saturated carbocycles. The van der Waals surface area contributed by atoms with Gasteiger partial charge in [0.25, 0.3) is 0 Å². The molecule has 6 nitrogen and oxygen atoms in total. The number of unbranched alkanes of at least 4 members (excludes halogenated alkanes) is 10. The van der Waals surface area contributed by atoms with Crippen LogP contribution in [-0.2, 0) is 18.4 Å². The number of carbonyl (C=O) groups is 1.